The number of ether oxygens (including phenoxy) is 5. The van der Waals surface area contributed by atoms with Gasteiger partial charge in [-0.25, -0.2) is 0 Å². The molecule has 0 amide bonds. The molecule has 2 aromatic carbocycles. The first-order chi connectivity index (χ1) is 17.0. The fraction of sp³-hybridized carbons (Fsp3) is 0.308. The van der Waals surface area contributed by atoms with Gasteiger partial charge < -0.3 is 29.4 Å². The molecule has 1 unspecified atom stereocenters. The fourth-order valence-electron chi connectivity index (χ4n) is 5.00. The van der Waals surface area contributed by atoms with Crippen molar-refractivity contribution in [1.29, 1.82) is 5.26 Å². The van der Waals surface area contributed by atoms with Gasteiger partial charge in [0.15, 0.2) is 28.8 Å². The Labute approximate surface area is 202 Å². The van der Waals surface area contributed by atoms with Crippen molar-refractivity contribution in [2.24, 2.45) is 5.73 Å². The van der Waals surface area contributed by atoms with Crippen LogP contribution < -0.4 is 34.3 Å². The van der Waals surface area contributed by atoms with Gasteiger partial charge in [-0.3, -0.25) is 9.69 Å². The van der Waals surface area contributed by atoms with Gasteiger partial charge in [0.2, 0.25) is 12.5 Å². The lowest BCUT2D eigenvalue weighted by Crippen LogP contribution is -2.38. The van der Waals surface area contributed by atoms with Crippen LogP contribution in [-0.4, -0.2) is 33.9 Å². The van der Waals surface area contributed by atoms with Crippen molar-refractivity contribution in [3.63, 3.8) is 0 Å². The summed E-state index contributed by atoms with van der Waals surface area (Å²) in [6.07, 6.45) is 1.71. The molecule has 0 saturated heterocycles. The maximum Gasteiger partial charge on any atom is 0.231 e. The number of anilines is 1. The van der Waals surface area contributed by atoms with Crippen LogP contribution in [0.25, 0.3) is 0 Å². The Morgan fingerprint density at radius 3 is 2.40 bits per heavy atom. The number of carbonyl (C=O) groups excluding carboxylic acids is 1. The number of methoxy groups -OCH3 is 3. The van der Waals surface area contributed by atoms with Crippen LogP contribution in [0.3, 0.4) is 0 Å². The van der Waals surface area contributed by atoms with Crippen LogP contribution in [0.5, 0.6) is 28.7 Å². The third-order valence-electron chi connectivity index (χ3n) is 6.55. The molecular formula is C26H25N3O6. The zero-order valence-corrected chi connectivity index (χ0v) is 19.7. The summed E-state index contributed by atoms with van der Waals surface area (Å²) in [6.45, 7) is 0.133. The van der Waals surface area contributed by atoms with Crippen LogP contribution in [-0.2, 0) is 4.79 Å². The van der Waals surface area contributed by atoms with Crippen molar-refractivity contribution in [2.45, 2.75) is 25.2 Å². The number of nitrogens with two attached hydrogens (primary N) is 1. The lowest BCUT2D eigenvalue weighted by Gasteiger charge is -2.39. The number of hydrogen-bond acceptors (Lipinski definition) is 9. The van der Waals surface area contributed by atoms with Crippen molar-refractivity contribution in [1.82, 2.24) is 0 Å². The Morgan fingerprint density at radius 2 is 1.74 bits per heavy atom. The third kappa shape index (κ3) is 3.49. The molecule has 0 saturated carbocycles. The molecule has 9 heteroatoms. The topological polar surface area (TPSA) is 116 Å². The van der Waals surface area contributed by atoms with E-state index in [2.05, 4.69) is 6.07 Å². The lowest BCUT2D eigenvalue weighted by molar-refractivity contribution is -0.116. The smallest absolute Gasteiger partial charge is 0.231 e. The highest BCUT2D eigenvalue weighted by atomic mass is 16.7. The largest absolute Gasteiger partial charge is 0.493 e. The van der Waals surface area contributed by atoms with Crippen LogP contribution in [0, 0.1) is 11.3 Å². The number of carbonyl (C=O) groups is 1. The minimum absolute atomic E-state index is 0.00777. The zero-order valence-electron chi connectivity index (χ0n) is 19.7. The van der Waals surface area contributed by atoms with Crippen LogP contribution in [0.4, 0.5) is 5.69 Å². The molecule has 1 atom stereocenters. The average Bonchev–Trinajstić information content (AvgIpc) is 3.35. The molecule has 3 aliphatic rings. The standard InChI is InChI=1S/C26H25N3O6/c1-31-21-10-15(11-22(32-2)25(21)33-3)29-17-5-4-6-18(30)24(17)23(16(12-27)26(29)28)14-7-8-19-20(9-14)35-13-34-19/h7-11,23H,4-6,13,28H2,1-3H3. The number of Topliss-reactive ketones (excluding diaryl/α,β-unsaturated/α-hetero) is 1. The first kappa shape index (κ1) is 22.5. The molecule has 0 aromatic heterocycles. The predicted octanol–water partition coefficient (Wildman–Crippen LogP) is 3.75. The summed E-state index contributed by atoms with van der Waals surface area (Å²) in [7, 11) is 4.59. The monoisotopic (exact) mass is 475 g/mol. The molecule has 2 heterocycles. The number of nitrogens with zero attached hydrogens (tertiary/aromatic N) is 2. The number of hydrogen-bond donors (Lipinski definition) is 1. The number of rotatable bonds is 5. The number of allylic oxidation sites excluding steroid dienone is 3. The molecule has 0 radical (unpaired) electrons. The van der Waals surface area contributed by atoms with E-state index in [0.29, 0.717) is 59.3 Å². The molecule has 0 spiro atoms. The van der Waals surface area contributed by atoms with Gasteiger partial charge in [0.1, 0.15) is 5.82 Å². The molecule has 0 bridgehead atoms. The van der Waals surface area contributed by atoms with E-state index in [9.17, 15) is 10.1 Å². The second-order valence-corrected chi connectivity index (χ2v) is 8.31. The Kier molecular flexibility index (Phi) is 5.65. The predicted molar refractivity (Wildman–Crippen MR) is 127 cm³/mol. The Hall–Kier alpha value is -4.32. The third-order valence-corrected chi connectivity index (χ3v) is 6.55. The van der Waals surface area contributed by atoms with Gasteiger partial charge >= 0.3 is 0 Å². The van der Waals surface area contributed by atoms with Crippen molar-refractivity contribution in [2.75, 3.05) is 33.0 Å². The van der Waals surface area contributed by atoms with E-state index in [1.807, 2.05) is 12.1 Å². The van der Waals surface area contributed by atoms with Crippen LogP contribution in [0.1, 0.15) is 30.7 Å². The average molecular weight is 476 g/mol. The molecule has 2 aromatic rings. The minimum atomic E-state index is -0.601. The molecule has 35 heavy (non-hydrogen) atoms. The number of nitriles is 1. The van der Waals surface area contributed by atoms with E-state index in [0.717, 1.165) is 11.3 Å². The van der Waals surface area contributed by atoms with Gasteiger partial charge in [-0.2, -0.15) is 5.26 Å². The van der Waals surface area contributed by atoms with Gasteiger partial charge in [-0.1, -0.05) is 6.07 Å². The highest BCUT2D eigenvalue weighted by Crippen LogP contribution is 2.50. The summed E-state index contributed by atoms with van der Waals surface area (Å²) < 4.78 is 27.5. The zero-order chi connectivity index (χ0) is 24.7. The Morgan fingerprint density at radius 1 is 1.03 bits per heavy atom. The SMILES string of the molecule is COc1cc(N2C(N)=C(C#N)C(c3ccc4c(c3)OCO4)C3=C2CCCC3=O)cc(OC)c1OC. The van der Waals surface area contributed by atoms with Crippen LogP contribution in [0.2, 0.25) is 0 Å². The number of fused-ring (bicyclic) bond motifs is 1. The number of ketones is 1. The van der Waals surface area contributed by atoms with Gasteiger partial charge in [0.05, 0.1) is 44.6 Å². The van der Waals surface area contributed by atoms with Gasteiger partial charge in [0, 0.05) is 29.8 Å². The van der Waals surface area contributed by atoms with Crippen molar-refractivity contribution in [3.05, 3.63) is 58.6 Å². The summed E-state index contributed by atoms with van der Waals surface area (Å²) in [5.41, 5.74) is 9.65. The molecule has 5 rings (SSSR count). The van der Waals surface area contributed by atoms with Crippen molar-refractivity contribution < 1.29 is 28.5 Å². The number of benzene rings is 2. The van der Waals surface area contributed by atoms with Gasteiger partial charge in [-0.05, 0) is 30.5 Å². The van der Waals surface area contributed by atoms with E-state index in [-0.39, 0.29) is 24.0 Å². The van der Waals surface area contributed by atoms with Crippen molar-refractivity contribution >= 4 is 11.5 Å². The first-order valence-electron chi connectivity index (χ1n) is 11.2. The maximum atomic E-state index is 13.4. The summed E-state index contributed by atoms with van der Waals surface area (Å²) in [5, 5.41) is 10.2. The van der Waals surface area contributed by atoms with E-state index < -0.39 is 5.92 Å². The highest BCUT2D eigenvalue weighted by Gasteiger charge is 2.41. The summed E-state index contributed by atoms with van der Waals surface area (Å²) in [6, 6.07) is 11.2. The Bertz CT molecular complexity index is 1300. The molecule has 9 nitrogen and oxygen atoms in total. The van der Waals surface area contributed by atoms with Crippen LogP contribution >= 0.6 is 0 Å². The van der Waals surface area contributed by atoms with Crippen molar-refractivity contribution in [3.8, 4) is 34.8 Å². The molecule has 2 N–H and O–H groups in total. The Balaban J connectivity index is 1.73. The fourth-order valence-corrected chi connectivity index (χ4v) is 5.00. The van der Waals surface area contributed by atoms with Gasteiger partial charge in [0.25, 0.3) is 0 Å². The molecule has 2 aliphatic heterocycles. The maximum absolute atomic E-state index is 13.4. The lowest BCUT2D eigenvalue weighted by atomic mass is 9.75. The summed E-state index contributed by atoms with van der Waals surface area (Å²) >= 11 is 0. The molecule has 180 valence electrons. The summed E-state index contributed by atoms with van der Waals surface area (Å²) in [5.74, 6) is 2.16. The van der Waals surface area contributed by atoms with E-state index in [4.69, 9.17) is 29.4 Å². The normalized spacial score (nSPS) is 18.9. The van der Waals surface area contributed by atoms with E-state index in [1.165, 1.54) is 21.3 Å². The van der Waals surface area contributed by atoms with Gasteiger partial charge in [-0.15, -0.1) is 0 Å². The second-order valence-electron chi connectivity index (χ2n) is 8.31. The van der Waals surface area contributed by atoms with E-state index >= 15 is 0 Å². The highest BCUT2D eigenvalue weighted by molar-refractivity contribution is 6.01. The molecule has 1 aliphatic carbocycles. The second kappa shape index (κ2) is 8.80. The quantitative estimate of drug-likeness (QED) is 0.690. The van der Waals surface area contributed by atoms with Crippen LogP contribution in [0.15, 0.2) is 53.0 Å². The van der Waals surface area contributed by atoms with E-state index in [1.54, 1.807) is 23.1 Å². The summed E-state index contributed by atoms with van der Waals surface area (Å²) in [4.78, 5) is 15.1. The first-order valence-corrected chi connectivity index (χ1v) is 11.2. The molecular weight excluding hydrogens is 450 g/mol. The minimum Gasteiger partial charge on any atom is -0.493 e. The molecule has 0 fully saturated rings.